The van der Waals surface area contributed by atoms with E-state index in [1.165, 1.54) is 27.5 Å². The van der Waals surface area contributed by atoms with Crippen LogP contribution in [0.2, 0.25) is 0 Å². The number of amides is 1. The van der Waals surface area contributed by atoms with Crippen molar-refractivity contribution in [2.75, 3.05) is 26.6 Å². The first-order valence-electron chi connectivity index (χ1n) is 8.22. The molecule has 3 aromatic heterocycles. The number of pyridine rings is 2. The van der Waals surface area contributed by atoms with E-state index in [2.05, 4.69) is 15.3 Å². The number of aromatic nitrogens is 2. The molecule has 3 aromatic rings. The molecule has 0 spiro atoms. The number of hydrogen-bond donors (Lipinski definition) is 1. The number of hydrogen-bond acceptors (Lipinski definition) is 7. The molecule has 8 heteroatoms. The minimum absolute atomic E-state index is 0.266. The van der Waals surface area contributed by atoms with E-state index in [0.717, 1.165) is 5.56 Å². The summed E-state index contributed by atoms with van der Waals surface area (Å²) in [5.41, 5.74) is 2.20. The number of carbonyl (C=O) groups is 1. The van der Waals surface area contributed by atoms with Crippen LogP contribution < -0.4 is 10.1 Å². The fraction of sp³-hybridized carbons (Fsp3) is 0.316. The molecule has 0 saturated carbocycles. The lowest BCUT2D eigenvalue weighted by molar-refractivity contribution is -0.212. The molecule has 8 nitrogen and oxygen atoms in total. The quantitative estimate of drug-likeness (QED) is 0.664. The van der Waals surface area contributed by atoms with E-state index in [1.807, 2.05) is 6.92 Å². The monoisotopic (exact) mass is 371 g/mol. The SMILES string of the molecule is COc1ncc(C(=O)Nc2ccncc2C)c2cc(C(C)(OC)OC)oc12. The first-order chi connectivity index (χ1) is 12.9. The van der Waals surface area contributed by atoms with Crippen LogP contribution >= 0.6 is 0 Å². The van der Waals surface area contributed by atoms with Gasteiger partial charge in [-0.1, -0.05) is 0 Å². The molecular formula is C19H21N3O5. The molecular weight excluding hydrogens is 350 g/mol. The Morgan fingerprint density at radius 3 is 2.59 bits per heavy atom. The first kappa shape index (κ1) is 18.8. The van der Waals surface area contributed by atoms with Gasteiger partial charge in [-0.25, -0.2) is 4.98 Å². The molecule has 0 aliphatic rings. The van der Waals surface area contributed by atoms with Gasteiger partial charge in [-0.05, 0) is 31.5 Å². The lowest BCUT2D eigenvalue weighted by atomic mass is 10.1. The van der Waals surface area contributed by atoms with E-state index in [9.17, 15) is 4.79 Å². The van der Waals surface area contributed by atoms with E-state index in [-0.39, 0.29) is 11.8 Å². The molecule has 3 rings (SSSR count). The summed E-state index contributed by atoms with van der Waals surface area (Å²) in [6, 6.07) is 3.43. The molecule has 0 aromatic carbocycles. The highest BCUT2D eigenvalue weighted by molar-refractivity contribution is 6.12. The van der Waals surface area contributed by atoms with Crippen molar-refractivity contribution in [1.82, 2.24) is 9.97 Å². The zero-order valence-electron chi connectivity index (χ0n) is 15.8. The van der Waals surface area contributed by atoms with E-state index in [1.54, 1.807) is 31.5 Å². The Labute approximate surface area is 156 Å². The maximum Gasteiger partial charge on any atom is 0.258 e. The number of carbonyl (C=O) groups excluding carboxylic acids is 1. The van der Waals surface area contributed by atoms with Gasteiger partial charge in [-0.15, -0.1) is 0 Å². The van der Waals surface area contributed by atoms with E-state index >= 15 is 0 Å². The van der Waals surface area contributed by atoms with E-state index in [4.69, 9.17) is 18.6 Å². The second kappa shape index (κ2) is 7.34. The highest BCUT2D eigenvalue weighted by Gasteiger charge is 2.32. The predicted octanol–water partition coefficient (Wildman–Crippen LogP) is 3.26. The van der Waals surface area contributed by atoms with Gasteiger partial charge in [0.15, 0.2) is 11.3 Å². The number of ether oxygens (including phenoxy) is 3. The standard InChI is InChI=1S/C19H21N3O5/c1-11-9-20-7-6-14(11)22-17(23)13-10-21-18(24-3)16-12(13)8-15(27-16)19(2,25-4)26-5/h6-10H,1-5H3,(H,20,22,23). The Kier molecular flexibility index (Phi) is 5.11. The third-order valence-corrected chi connectivity index (χ3v) is 4.46. The summed E-state index contributed by atoms with van der Waals surface area (Å²) in [5, 5.41) is 3.41. The summed E-state index contributed by atoms with van der Waals surface area (Å²) < 4.78 is 21.9. The lowest BCUT2D eigenvalue weighted by Crippen LogP contribution is -2.25. The summed E-state index contributed by atoms with van der Waals surface area (Å²) >= 11 is 0. The number of rotatable bonds is 6. The van der Waals surface area contributed by atoms with Gasteiger partial charge in [-0.3, -0.25) is 9.78 Å². The molecule has 0 radical (unpaired) electrons. The molecule has 0 unspecified atom stereocenters. The third-order valence-electron chi connectivity index (χ3n) is 4.46. The number of nitrogens with one attached hydrogen (secondary N) is 1. The molecule has 1 amide bonds. The Balaban J connectivity index is 2.09. The number of aryl methyl sites for hydroxylation is 1. The highest BCUT2D eigenvalue weighted by atomic mass is 16.7. The number of nitrogens with zero attached hydrogens (tertiary/aromatic N) is 2. The summed E-state index contributed by atoms with van der Waals surface area (Å²) in [5.74, 6) is -0.779. The van der Waals surface area contributed by atoms with Crippen molar-refractivity contribution in [3.63, 3.8) is 0 Å². The van der Waals surface area contributed by atoms with Crippen LogP contribution in [0.5, 0.6) is 5.88 Å². The number of fused-ring (bicyclic) bond motifs is 1. The van der Waals surface area contributed by atoms with Gasteiger partial charge in [0.05, 0.1) is 12.7 Å². The van der Waals surface area contributed by atoms with Gasteiger partial charge < -0.3 is 23.9 Å². The van der Waals surface area contributed by atoms with Crippen molar-refractivity contribution in [2.24, 2.45) is 0 Å². The Hall–Kier alpha value is -2.97. The van der Waals surface area contributed by atoms with Crippen LogP contribution in [0.3, 0.4) is 0 Å². The molecule has 0 atom stereocenters. The maximum absolute atomic E-state index is 12.9. The van der Waals surface area contributed by atoms with Gasteiger partial charge in [0.2, 0.25) is 5.79 Å². The Bertz CT molecular complexity index is 979. The van der Waals surface area contributed by atoms with Crippen molar-refractivity contribution >= 4 is 22.6 Å². The molecule has 142 valence electrons. The summed E-state index contributed by atoms with van der Waals surface area (Å²) in [6.07, 6.45) is 4.74. The summed E-state index contributed by atoms with van der Waals surface area (Å²) in [4.78, 5) is 21.1. The Morgan fingerprint density at radius 1 is 1.22 bits per heavy atom. The largest absolute Gasteiger partial charge is 0.478 e. The fourth-order valence-corrected chi connectivity index (χ4v) is 2.64. The van der Waals surface area contributed by atoms with Crippen LogP contribution in [0.4, 0.5) is 5.69 Å². The van der Waals surface area contributed by atoms with Crippen LogP contribution in [-0.4, -0.2) is 37.2 Å². The van der Waals surface area contributed by atoms with Crippen molar-refractivity contribution in [1.29, 1.82) is 0 Å². The minimum Gasteiger partial charge on any atom is -0.478 e. The van der Waals surface area contributed by atoms with Gasteiger partial charge in [0.25, 0.3) is 11.8 Å². The van der Waals surface area contributed by atoms with E-state index < -0.39 is 5.79 Å². The van der Waals surface area contributed by atoms with Crippen LogP contribution in [0.1, 0.15) is 28.6 Å². The summed E-state index contributed by atoms with van der Waals surface area (Å²) in [6.45, 7) is 3.58. The van der Waals surface area contributed by atoms with Gasteiger partial charge in [0, 0.05) is 43.9 Å². The summed E-state index contributed by atoms with van der Waals surface area (Å²) in [7, 11) is 4.49. The van der Waals surface area contributed by atoms with Crippen molar-refractivity contribution < 1.29 is 23.4 Å². The number of furan rings is 1. The number of anilines is 1. The highest BCUT2D eigenvalue weighted by Crippen LogP contribution is 2.36. The Morgan fingerprint density at radius 2 is 1.96 bits per heavy atom. The van der Waals surface area contributed by atoms with Crippen molar-refractivity contribution in [3.05, 3.63) is 47.6 Å². The maximum atomic E-state index is 12.9. The molecule has 0 saturated heterocycles. The lowest BCUT2D eigenvalue weighted by Gasteiger charge is -2.23. The third kappa shape index (κ3) is 3.36. The molecule has 27 heavy (non-hydrogen) atoms. The minimum atomic E-state index is -1.11. The molecule has 1 N–H and O–H groups in total. The molecule has 0 fully saturated rings. The van der Waals surface area contributed by atoms with Gasteiger partial charge in [-0.2, -0.15) is 0 Å². The van der Waals surface area contributed by atoms with Crippen molar-refractivity contribution in [3.8, 4) is 5.88 Å². The second-order valence-corrected chi connectivity index (χ2v) is 6.03. The van der Waals surface area contributed by atoms with Gasteiger partial charge >= 0.3 is 0 Å². The van der Waals surface area contributed by atoms with E-state index in [0.29, 0.717) is 28.0 Å². The molecule has 3 heterocycles. The van der Waals surface area contributed by atoms with Crippen molar-refractivity contribution in [2.45, 2.75) is 19.6 Å². The molecule has 0 bridgehead atoms. The fourth-order valence-electron chi connectivity index (χ4n) is 2.64. The second-order valence-electron chi connectivity index (χ2n) is 6.03. The average Bonchev–Trinajstić information content (AvgIpc) is 3.14. The zero-order valence-corrected chi connectivity index (χ0v) is 15.8. The zero-order chi connectivity index (χ0) is 19.6. The van der Waals surface area contributed by atoms with Gasteiger partial charge in [0.1, 0.15) is 0 Å². The first-order valence-corrected chi connectivity index (χ1v) is 8.22. The van der Waals surface area contributed by atoms with Crippen LogP contribution in [0.15, 0.2) is 35.1 Å². The smallest absolute Gasteiger partial charge is 0.258 e. The van der Waals surface area contributed by atoms with Crippen LogP contribution in [0, 0.1) is 6.92 Å². The van der Waals surface area contributed by atoms with Crippen LogP contribution in [0.25, 0.3) is 11.0 Å². The predicted molar refractivity (Wildman–Crippen MR) is 98.9 cm³/mol. The topological polar surface area (TPSA) is 95.7 Å². The van der Waals surface area contributed by atoms with Crippen LogP contribution in [-0.2, 0) is 15.3 Å². The number of methoxy groups -OCH3 is 3. The molecule has 0 aliphatic carbocycles. The normalized spacial score (nSPS) is 11.6. The molecule has 0 aliphatic heterocycles. The average molecular weight is 371 g/mol.